The van der Waals surface area contributed by atoms with Crippen molar-refractivity contribution < 1.29 is 29.1 Å². The molecule has 0 spiro atoms. The maximum Gasteiger partial charge on any atom is 0.315 e. The quantitative estimate of drug-likeness (QED) is 0.0705. The van der Waals surface area contributed by atoms with Crippen molar-refractivity contribution >= 4 is 29.5 Å². The van der Waals surface area contributed by atoms with E-state index in [9.17, 15) is 29.1 Å². The lowest BCUT2D eigenvalue weighted by Crippen LogP contribution is -2.61. The van der Waals surface area contributed by atoms with Crippen LogP contribution in [0, 0.1) is 10.8 Å². The van der Waals surface area contributed by atoms with Gasteiger partial charge in [0.1, 0.15) is 18.3 Å². The summed E-state index contributed by atoms with van der Waals surface area (Å²) in [6.45, 7) is 18.1. The van der Waals surface area contributed by atoms with Gasteiger partial charge in [-0.25, -0.2) is 4.79 Å². The highest BCUT2D eigenvalue weighted by atomic mass is 16.3. The fourth-order valence-corrected chi connectivity index (χ4v) is 4.84. The number of carbonyl (C=O) groups excluding carboxylic acids is 5. The molecule has 1 saturated heterocycles. The first kappa shape index (κ1) is 39.0. The highest BCUT2D eigenvalue weighted by molar-refractivity contribution is 6.38. The summed E-state index contributed by atoms with van der Waals surface area (Å²) >= 11 is 0. The summed E-state index contributed by atoms with van der Waals surface area (Å²) in [5, 5.41) is 26.7. The minimum absolute atomic E-state index is 0.130. The van der Waals surface area contributed by atoms with E-state index in [2.05, 4.69) is 38.5 Å². The van der Waals surface area contributed by atoms with Crippen LogP contribution in [0.2, 0.25) is 0 Å². The number of ketones is 1. The van der Waals surface area contributed by atoms with Gasteiger partial charge >= 0.3 is 6.03 Å². The molecule has 7 N–H and O–H groups in total. The van der Waals surface area contributed by atoms with Crippen molar-refractivity contribution in [2.24, 2.45) is 10.8 Å². The molecule has 5 atom stereocenters. The van der Waals surface area contributed by atoms with E-state index in [1.54, 1.807) is 7.05 Å². The molecule has 1 rings (SSSR count). The second-order valence-electron chi connectivity index (χ2n) is 13.6. The summed E-state index contributed by atoms with van der Waals surface area (Å²) in [7, 11) is 1.64. The Morgan fingerprint density at radius 2 is 1.66 bits per heavy atom. The maximum absolute atomic E-state index is 13.9. The van der Waals surface area contributed by atoms with Crippen LogP contribution in [0.15, 0.2) is 12.7 Å². The molecule has 1 fully saturated rings. The van der Waals surface area contributed by atoms with Crippen LogP contribution in [0.25, 0.3) is 0 Å². The number of Topliss-reactive ketones (excluding diaryl/α,β-unsaturated/α-hetero) is 1. The molecule has 13 nitrogen and oxygen atoms in total. The van der Waals surface area contributed by atoms with Gasteiger partial charge in [0.05, 0.1) is 6.04 Å². The molecular formula is C31H57N7O6. The van der Waals surface area contributed by atoms with Gasteiger partial charge in [0.25, 0.3) is 5.91 Å². The van der Waals surface area contributed by atoms with Crippen LogP contribution in [0.1, 0.15) is 80.6 Å². The number of nitrogens with zero attached hydrogens (tertiary/aromatic N) is 1. The molecule has 1 aliphatic rings. The lowest BCUT2D eigenvalue weighted by Gasteiger charge is -2.37. The number of carbonyl (C=O) groups is 5. The number of aliphatic hydroxyl groups excluding tert-OH is 1. The molecule has 0 aromatic heterocycles. The molecule has 252 valence electrons. The maximum atomic E-state index is 13.9. The molecule has 0 aliphatic carbocycles. The molecule has 1 heterocycles. The highest BCUT2D eigenvalue weighted by Gasteiger charge is 2.43. The standard InChI is InChI=1S/C31H57N7O6/c1-10-12-14-20(24(40)27(42)34-16-11-2)35-26(41)21-15-13-17-38(21)28(43)25(31(6,7)8)37-29(44)36-22(30(3,4)5)18-33-19-23(39)32-9/h11,20-23,25,32-33,39H,2,10,12-19H2,1,3-9H3,(H,34,42)(H,35,41)(H2,36,37,44)/t20?,21-,22+,23-,25+/m0/s1. The SMILES string of the molecule is C=CCNC(=O)C(=O)C(CCCC)NC(=O)[C@@H]1CCCN1C(=O)[C@@H](NC(=O)N[C@H](CNC[C@H](O)NC)C(C)(C)C)C(C)(C)C. The molecule has 13 heteroatoms. The van der Waals surface area contributed by atoms with E-state index in [1.165, 1.54) is 11.0 Å². The first-order chi connectivity index (χ1) is 20.5. The van der Waals surface area contributed by atoms with Crippen LogP contribution in [0.3, 0.4) is 0 Å². The van der Waals surface area contributed by atoms with Crippen LogP contribution >= 0.6 is 0 Å². The van der Waals surface area contributed by atoms with Gasteiger partial charge in [0.15, 0.2) is 0 Å². The van der Waals surface area contributed by atoms with Crippen molar-refractivity contribution in [3.8, 4) is 0 Å². The second-order valence-corrected chi connectivity index (χ2v) is 13.6. The molecule has 0 bridgehead atoms. The number of hydrogen-bond donors (Lipinski definition) is 7. The van der Waals surface area contributed by atoms with E-state index < -0.39 is 59.3 Å². The molecule has 44 heavy (non-hydrogen) atoms. The normalized spacial score (nSPS) is 18.0. The molecule has 0 radical (unpaired) electrons. The number of likely N-dealkylation sites (N-methyl/N-ethyl adjacent to an activating group) is 1. The Kier molecular flexibility index (Phi) is 16.0. The van der Waals surface area contributed by atoms with Crippen molar-refractivity contribution in [1.29, 1.82) is 0 Å². The first-order valence-electron chi connectivity index (χ1n) is 15.6. The third-order valence-electron chi connectivity index (χ3n) is 7.71. The predicted octanol–water partition coefficient (Wildman–Crippen LogP) is 0.780. The van der Waals surface area contributed by atoms with Gasteiger partial charge in [0.2, 0.25) is 17.6 Å². The fraction of sp³-hybridized carbons (Fsp3) is 0.774. The number of nitrogens with one attached hydrogen (secondary N) is 6. The zero-order valence-corrected chi connectivity index (χ0v) is 28.0. The summed E-state index contributed by atoms with van der Waals surface area (Å²) in [5.41, 5.74) is -1.02. The number of hydrogen-bond acceptors (Lipinski definition) is 8. The summed E-state index contributed by atoms with van der Waals surface area (Å²) < 4.78 is 0. The van der Waals surface area contributed by atoms with Gasteiger partial charge in [-0.05, 0) is 37.1 Å². The van der Waals surface area contributed by atoms with Crippen molar-refractivity contribution in [3.63, 3.8) is 0 Å². The van der Waals surface area contributed by atoms with Crippen LogP contribution in [-0.2, 0) is 19.2 Å². The van der Waals surface area contributed by atoms with Crippen molar-refractivity contribution in [3.05, 3.63) is 12.7 Å². The third-order valence-corrected chi connectivity index (χ3v) is 7.71. The molecule has 1 unspecified atom stereocenters. The van der Waals surface area contributed by atoms with Crippen LogP contribution in [0.4, 0.5) is 4.79 Å². The second kappa shape index (κ2) is 18.1. The van der Waals surface area contributed by atoms with E-state index in [0.717, 1.165) is 6.42 Å². The zero-order valence-electron chi connectivity index (χ0n) is 28.0. The Balaban J connectivity index is 3.07. The Morgan fingerprint density at radius 1 is 1.00 bits per heavy atom. The third kappa shape index (κ3) is 12.5. The van der Waals surface area contributed by atoms with Crippen LogP contribution < -0.4 is 31.9 Å². The monoisotopic (exact) mass is 623 g/mol. The summed E-state index contributed by atoms with van der Waals surface area (Å²) in [6, 6.07) is -3.64. The Labute approximate surface area is 263 Å². The van der Waals surface area contributed by atoms with Crippen LogP contribution in [0.5, 0.6) is 0 Å². The number of amides is 5. The Morgan fingerprint density at radius 3 is 2.20 bits per heavy atom. The minimum atomic E-state index is -1.01. The number of unbranched alkanes of at least 4 members (excludes halogenated alkanes) is 1. The van der Waals surface area contributed by atoms with Crippen molar-refractivity contribution in [2.45, 2.75) is 111 Å². The Bertz CT molecular complexity index is 991. The van der Waals surface area contributed by atoms with Gasteiger partial charge in [-0.3, -0.25) is 24.5 Å². The van der Waals surface area contributed by atoms with E-state index in [-0.39, 0.29) is 24.5 Å². The number of urea groups is 1. The average molecular weight is 624 g/mol. The summed E-state index contributed by atoms with van der Waals surface area (Å²) in [5.74, 6) is -2.43. The van der Waals surface area contributed by atoms with Crippen molar-refractivity contribution in [2.75, 3.05) is 33.2 Å². The number of aliphatic hydroxyl groups is 1. The van der Waals surface area contributed by atoms with E-state index in [4.69, 9.17) is 0 Å². The lowest BCUT2D eigenvalue weighted by molar-refractivity contribution is -0.143. The Hall–Kier alpha value is -3.03. The average Bonchev–Trinajstić information content (AvgIpc) is 3.44. The number of rotatable bonds is 17. The van der Waals surface area contributed by atoms with Gasteiger partial charge in [0, 0.05) is 32.2 Å². The van der Waals surface area contributed by atoms with Gasteiger partial charge in [-0.1, -0.05) is 67.4 Å². The predicted molar refractivity (Wildman–Crippen MR) is 170 cm³/mol. The molecule has 1 aliphatic heterocycles. The first-order valence-corrected chi connectivity index (χ1v) is 15.6. The zero-order chi connectivity index (χ0) is 33.7. The smallest absolute Gasteiger partial charge is 0.315 e. The van der Waals surface area contributed by atoms with E-state index >= 15 is 0 Å². The van der Waals surface area contributed by atoms with E-state index in [1.807, 2.05) is 48.5 Å². The van der Waals surface area contributed by atoms with E-state index in [0.29, 0.717) is 38.8 Å². The minimum Gasteiger partial charge on any atom is -0.377 e. The molecule has 0 aromatic carbocycles. The summed E-state index contributed by atoms with van der Waals surface area (Å²) in [4.78, 5) is 67.3. The lowest BCUT2D eigenvalue weighted by atomic mass is 9.85. The largest absolute Gasteiger partial charge is 0.377 e. The van der Waals surface area contributed by atoms with Crippen molar-refractivity contribution in [1.82, 2.24) is 36.8 Å². The summed E-state index contributed by atoms with van der Waals surface area (Å²) in [6.07, 6.45) is 3.41. The highest BCUT2D eigenvalue weighted by Crippen LogP contribution is 2.26. The number of likely N-dealkylation sites (tertiary alicyclic amines) is 1. The molecule has 5 amide bonds. The molecule has 0 aromatic rings. The van der Waals surface area contributed by atoms with Gasteiger partial charge < -0.3 is 36.6 Å². The van der Waals surface area contributed by atoms with Gasteiger partial charge in [-0.15, -0.1) is 6.58 Å². The topological polar surface area (TPSA) is 181 Å². The molecular weight excluding hydrogens is 566 g/mol. The van der Waals surface area contributed by atoms with Gasteiger partial charge in [-0.2, -0.15) is 0 Å². The molecule has 0 saturated carbocycles. The van der Waals surface area contributed by atoms with Crippen LogP contribution in [-0.4, -0.2) is 103 Å². The fourth-order valence-electron chi connectivity index (χ4n) is 4.84.